The average molecular weight is 407 g/mol. The monoisotopic (exact) mass is 407 g/mol. The van der Waals surface area contributed by atoms with Gasteiger partial charge in [0.1, 0.15) is 16.3 Å². The van der Waals surface area contributed by atoms with Crippen LogP contribution in [0.2, 0.25) is 0 Å². The summed E-state index contributed by atoms with van der Waals surface area (Å²) in [4.78, 5) is 38.9. The predicted octanol–water partition coefficient (Wildman–Crippen LogP) is 2.33. The number of thiazole rings is 1. The van der Waals surface area contributed by atoms with Gasteiger partial charge < -0.3 is 20.3 Å². The number of benzene rings is 1. The number of aromatic nitrogens is 1. The number of aliphatic hydroxyl groups excluding tert-OH is 1. The first-order valence-corrected chi connectivity index (χ1v) is 9.17. The molecule has 0 aliphatic heterocycles. The number of anilines is 1. The van der Waals surface area contributed by atoms with E-state index in [2.05, 4.69) is 15.6 Å². The first-order chi connectivity index (χ1) is 13.1. The van der Waals surface area contributed by atoms with Gasteiger partial charge in [-0.25, -0.2) is 14.6 Å². The topological polar surface area (TPSA) is 138 Å². The Morgan fingerprint density at radius 1 is 1.21 bits per heavy atom. The first-order valence-electron chi connectivity index (χ1n) is 8.29. The zero-order valence-corrected chi connectivity index (χ0v) is 16.4. The second-order valence-electron chi connectivity index (χ2n) is 6.79. The Morgan fingerprint density at radius 2 is 1.86 bits per heavy atom. The zero-order chi connectivity index (χ0) is 20.9. The third kappa shape index (κ3) is 6.03. The summed E-state index contributed by atoms with van der Waals surface area (Å²) in [5, 5.41) is 24.7. The number of aliphatic carboxylic acids is 1. The highest BCUT2D eigenvalue weighted by Gasteiger charge is 2.21. The van der Waals surface area contributed by atoms with Crippen LogP contribution in [0.1, 0.15) is 31.3 Å². The first kappa shape index (κ1) is 21.3. The van der Waals surface area contributed by atoms with Crippen molar-refractivity contribution in [3.05, 3.63) is 35.3 Å². The second kappa shape index (κ2) is 8.81. The smallest absolute Gasteiger partial charge is 0.412 e. The molecule has 2 amide bonds. The Hall–Kier alpha value is -2.98. The largest absolute Gasteiger partial charge is 0.480 e. The highest BCUT2D eigenvalue weighted by atomic mass is 32.1. The molecule has 0 unspecified atom stereocenters. The molecule has 0 saturated carbocycles. The van der Waals surface area contributed by atoms with Crippen LogP contribution in [-0.2, 0) is 9.53 Å². The summed E-state index contributed by atoms with van der Waals surface area (Å²) < 4.78 is 5.18. The molecule has 0 bridgehead atoms. The van der Waals surface area contributed by atoms with Crippen LogP contribution in [0.5, 0.6) is 0 Å². The minimum absolute atomic E-state index is 0.0515. The fraction of sp³-hybridized carbons (Fsp3) is 0.333. The lowest BCUT2D eigenvalue weighted by molar-refractivity contribution is -0.140. The van der Waals surface area contributed by atoms with Gasteiger partial charge in [0.15, 0.2) is 6.04 Å². The van der Waals surface area contributed by atoms with Gasteiger partial charge in [0.2, 0.25) is 0 Å². The number of aliphatic hydroxyl groups is 1. The number of nitrogens with zero attached hydrogens (tertiary/aromatic N) is 1. The van der Waals surface area contributed by atoms with E-state index < -0.39 is 36.2 Å². The van der Waals surface area contributed by atoms with E-state index in [4.69, 9.17) is 14.9 Å². The lowest BCUT2D eigenvalue weighted by Crippen LogP contribution is -2.43. The third-order valence-electron chi connectivity index (χ3n) is 3.30. The number of ether oxygens (including phenoxy) is 1. The van der Waals surface area contributed by atoms with Gasteiger partial charge in [-0.05, 0) is 45.0 Å². The third-order valence-corrected chi connectivity index (χ3v) is 4.19. The van der Waals surface area contributed by atoms with E-state index in [0.29, 0.717) is 10.7 Å². The quantitative estimate of drug-likeness (QED) is 0.576. The maximum atomic E-state index is 12.0. The number of nitrogens with one attached hydrogen (secondary N) is 2. The summed E-state index contributed by atoms with van der Waals surface area (Å²) in [6, 6.07) is 5.40. The number of carboxylic acid groups (broad SMARTS) is 1. The molecule has 1 atom stereocenters. The van der Waals surface area contributed by atoms with Crippen molar-refractivity contribution in [3.8, 4) is 10.6 Å². The van der Waals surface area contributed by atoms with Crippen LogP contribution >= 0.6 is 11.3 Å². The van der Waals surface area contributed by atoms with Crippen molar-refractivity contribution in [2.45, 2.75) is 32.4 Å². The van der Waals surface area contributed by atoms with Crippen molar-refractivity contribution in [1.82, 2.24) is 10.3 Å². The molecule has 0 spiro atoms. The van der Waals surface area contributed by atoms with Crippen LogP contribution in [0, 0.1) is 0 Å². The van der Waals surface area contributed by atoms with E-state index >= 15 is 0 Å². The van der Waals surface area contributed by atoms with Gasteiger partial charge in [-0.15, -0.1) is 11.3 Å². The van der Waals surface area contributed by atoms with Gasteiger partial charge in [-0.1, -0.05) is 0 Å². The molecule has 10 heteroatoms. The van der Waals surface area contributed by atoms with E-state index in [-0.39, 0.29) is 5.69 Å². The molecule has 0 fully saturated rings. The van der Waals surface area contributed by atoms with Gasteiger partial charge in [0, 0.05) is 16.6 Å². The number of rotatable bonds is 6. The minimum Gasteiger partial charge on any atom is -0.480 e. The number of amides is 2. The fourth-order valence-electron chi connectivity index (χ4n) is 2.05. The van der Waals surface area contributed by atoms with Gasteiger partial charge in [0.05, 0.1) is 6.61 Å². The molecular formula is C18H21N3O6S. The SMILES string of the molecule is CC(C)(C)OC(=O)Nc1ccc(-c2nc(C(=O)N[C@@H](CO)C(=O)O)cs2)cc1. The Balaban J connectivity index is 2.04. The fourth-order valence-corrected chi connectivity index (χ4v) is 2.85. The lowest BCUT2D eigenvalue weighted by Gasteiger charge is -2.19. The van der Waals surface area contributed by atoms with Gasteiger partial charge in [-0.3, -0.25) is 10.1 Å². The molecule has 0 aliphatic carbocycles. The molecule has 2 aromatic rings. The lowest BCUT2D eigenvalue weighted by atomic mass is 10.2. The molecule has 2 rings (SSSR count). The maximum Gasteiger partial charge on any atom is 0.412 e. The molecular weight excluding hydrogens is 386 g/mol. The summed E-state index contributed by atoms with van der Waals surface area (Å²) >= 11 is 1.21. The van der Waals surface area contributed by atoms with E-state index in [1.807, 2.05) is 0 Å². The van der Waals surface area contributed by atoms with Crippen molar-refractivity contribution in [3.63, 3.8) is 0 Å². The molecule has 150 valence electrons. The van der Waals surface area contributed by atoms with E-state index in [9.17, 15) is 14.4 Å². The number of hydrogen-bond donors (Lipinski definition) is 4. The molecule has 1 aromatic carbocycles. The summed E-state index contributed by atoms with van der Waals surface area (Å²) in [7, 11) is 0. The van der Waals surface area contributed by atoms with E-state index in [1.165, 1.54) is 16.7 Å². The van der Waals surface area contributed by atoms with Gasteiger partial charge in [-0.2, -0.15) is 0 Å². The Labute approximate surface area is 165 Å². The Bertz CT molecular complexity index is 857. The van der Waals surface area contributed by atoms with Crippen LogP contribution in [0.3, 0.4) is 0 Å². The van der Waals surface area contributed by atoms with Crippen molar-refractivity contribution >= 4 is 35.0 Å². The van der Waals surface area contributed by atoms with Crippen molar-refractivity contribution < 1.29 is 29.3 Å². The summed E-state index contributed by atoms with van der Waals surface area (Å²) in [6.45, 7) is 4.59. The van der Waals surface area contributed by atoms with Crippen LogP contribution in [-0.4, -0.2) is 51.4 Å². The molecule has 9 nitrogen and oxygen atoms in total. The Morgan fingerprint density at radius 3 is 2.39 bits per heavy atom. The van der Waals surface area contributed by atoms with Gasteiger partial charge in [0.25, 0.3) is 5.91 Å². The average Bonchev–Trinajstić information content (AvgIpc) is 3.08. The maximum absolute atomic E-state index is 12.0. The Kier molecular flexibility index (Phi) is 6.71. The number of hydrogen-bond acceptors (Lipinski definition) is 7. The molecule has 0 radical (unpaired) electrons. The van der Waals surface area contributed by atoms with E-state index in [0.717, 1.165) is 5.56 Å². The molecule has 28 heavy (non-hydrogen) atoms. The highest BCUT2D eigenvalue weighted by molar-refractivity contribution is 7.13. The molecule has 1 heterocycles. The number of carboxylic acids is 1. The molecule has 4 N–H and O–H groups in total. The molecule has 0 saturated heterocycles. The van der Waals surface area contributed by atoms with Crippen LogP contribution in [0.4, 0.5) is 10.5 Å². The normalized spacial score (nSPS) is 12.1. The summed E-state index contributed by atoms with van der Waals surface area (Å²) in [5.74, 6) is -2.02. The van der Waals surface area contributed by atoms with Crippen LogP contribution in [0.15, 0.2) is 29.6 Å². The minimum atomic E-state index is -1.39. The highest BCUT2D eigenvalue weighted by Crippen LogP contribution is 2.25. The number of carbonyl (C=O) groups is 3. The summed E-state index contributed by atoms with van der Waals surface area (Å²) in [6.07, 6.45) is -0.565. The summed E-state index contributed by atoms with van der Waals surface area (Å²) in [5.41, 5.74) is 0.712. The zero-order valence-electron chi connectivity index (χ0n) is 15.6. The molecule has 1 aromatic heterocycles. The standard InChI is InChI=1S/C18H21N3O6S/c1-18(2,3)27-17(26)19-11-6-4-10(5-7-11)15-21-13(9-28-15)14(23)20-12(8-22)16(24)25/h4-7,9,12,22H,8H2,1-3H3,(H,19,26)(H,20,23)(H,24,25)/t12-/m0/s1. The second-order valence-corrected chi connectivity index (χ2v) is 7.65. The van der Waals surface area contributed by atoms with Crippen LogP contribution in [0.25, 0.3) is 10.6 Å². The van der Waals surface area contributed by atoms with Crippen molar-refractivity contribution in [2.75, 3.05) is 11.9 Å². The van der Waals surface area contributed by atoms with Crippen molar-refractivity contribution in [1.29, 1.82) is 0 Å². The van der Waals surface area contributed by atoms with Crippen molar-refractivity contribution in [2.24, 2.45) is 0 Å². The predicted molar refractivity (Wildman–Crippen MR) is 103 cm³/mol. The van der Waals surface area contributed by atoms with Gasteiger partial charge >= 0.3 is 12.1 Å². The number of carbonyl (C=O) groups excluding carboxylic acids is 2. The molecule has 0 aliphatic rings. The van der Waals surface area contributed by atoms with E-state index in [1.54, 1.807) is 45.0 Å². The van der Waals surface area contributed by atoms with Crippen LogP contribution < -0.4 is 10.6 Å².